The predicted octanol–water partition coefficient (Wildman–Crippen LogP) is 4.80. The van der Waals surface area contributed by atoms with Crippen molar-refractivity contribution in [3.05, 3.63) is 35.2 Å². The number of halogens is 3. The Morgan fingerprint density at radius 1 is 1.16 bits per heavy atom. The highest BCUT2D eigenvalue weighted by atomic mass is 32.1. The molecule has 3 aromatic rings. The molecule has 2 heterocycles. The van der Waals surface area contributed by atoms with Crippen LogP contribution in [0.2, 0.25) is 0 Å². The van der Waals surface area contributed by atoms with Crippen LogP contribution in [-0.4, -0.2) is 33.9 Å². The Labute approximate surface area is 181 Å². The Bertz CT molecular complexity index is 1090. The van der Waals surface area contributed by atoms with Crippen LogP contribution in [-0.2, 0) is 11.0 Å². The molecule has 0 atom stereocenters. The van der Waals surface area contributed by atoms with E-state index in [9.17, 15) is 18.0 Å². The van der Waals surface area contributed by atoms with E-state index in [1.807, 2.05) is 0 Å². The van der Waals surface area contributed by atoms with E-state index < -0.39 is 11.7 Å². The number of anilines is 1. The van der Waals surface area contributed by atoms with Crippen molar-refractivity contribution in [2.24, 2.45) is 5.92 Å². The van der Waals surface area contributed by atoms with Crippen LogP contribution in [0.1, 0.15) is 37.1 Å². The Kier molecular flexibility index (Phi) is 5.83. The second kappa shape index (κ2) is 8.41. The second-order valence-electron chi connectivity index (χ2n) is 7.71. The van der Waals surface area contributed by atoms with Crippen molar-refractivity contribution in [1.82, 2.24) is 20.3 Å². The summed E-state index contributed by atoms with van der Waals surface area (Å²) >= 11 is 1.28. The van der Waals surface area contributed by atoms with E-state index in [0.29, 0.717) is 21.6 Å². The molecule has 2 aromatic heterocycles. The van der Waals surface area contributed by atoms with E-state index in [2.05, 4.69) is 25.6 Å². The van der Waals surface area contributed by atoms with Gasteiger partial charge in [0.1, 0.15) is 11.6 Å². The number of carbonyl (C=O) groups excluding carboxylic acids is 1. The van der Waals surface area contributed by atoms with E-state index in [1.54, 1.807) is 31.7 Å². The molecule has 31 heavy (non-hydrogen) atoms. The standard InChI is InChI=1S/C21H22F3N5OS/c1-11-27-18-15(7-13(17-9-26-10-31-17)8-16(18)21(22,23)24)19(28-11)29-14-5-3-12(4-6-14)20(30)25-2/h7-10,12,14H,3-6H2,1-2H3,(H,25,30)(H,27,28,29). The third kappa shape index (κ3) is 4.48. The van der Waals surface area contributed by atoms with Crippen LogP contribution in [0.25, 0.3) is 21.3 Å². The Morgan fingerprint density at radius 3 is 2.52 bits per heavy atom. The monoisotopic (exact) mass is 449 g/mol. The van der Waals surface area contributed by atoms with E-state index in [0.717, 1.165) is 31.7 Å². The molecule has 1 fully saturated rings. The van der Waals surface area contributed by atoms with Gasteiger partial charge in [-0.25, -0.2) is 9.97 Å². The van der Waals surface area contributed by atoms with Gasteiger partial charge in [0.25, 0.3) is 0 Å². The van der Waals surface area contributed by atoms with Crippen LogP contribution >= 0.6 is 11.3 Å². The summed E-state index contributed by atoms with van der Waals surface area (Å²) in [6, 6.07) is 2.84. The van der Waals surface area contributed by atoms with Gasteiger partial charge in [0.2, 0.25) is 5.91 Å². The quantitative estimate of drug-likeness (QED) is 0.598. The normalized spacial score (nSPS) is 19.4. The largest absolute Gasteiger partial charge is 0.418 e. The van der Waals surface area contributed by atoms with Crippen molar-refractivity contribution in [1.29, 1.82) is 0 Å². The minimum absolute atomic E-state index is 0.0262. The molecule has 1 aliphatic rings. The minimum atomic E-state index is -4.55. The fourth-order valence-electron chi connectivity index (χ4n) is 4.07. The molecule has 10 heteroatoms. The van der Waals surface area contributed by atoms with Gasteiger partial charge >= 0.3 is 6.18 Å². The summed E-state index contributed by atoms with van der Waals surface area (Å²) in [6.07, 6.45) is -0.0815. The summed E-state index contributed by atoms with van der Waals surface area (Å²) in [4.78, 5) is 25.1. The molecule has 164 valence electrons. The number of fused-ring (bicyclic) bond motifs is 1. The van der Waals surface area contributed by atoms with Gasteiger partial charge in [-0.05, 0) is 50.3 Å². The SMILES string of the molecule is CNC(=O)C1CCC(Nc2nc(C)nc3c(C(F)(F)F)cc(-c4cncs4)cc23)CC1. The molecule has 2 N–H and O–H groups in total. The summed E-state index contributed by atoms with van der Waals surface area (Å²) in [5, 5.41) is 6.34. The molecule has 6 nitrogen and oxygen atoms in total. The van der Waals surface area contributed by atoms with Gasteiger partial charge in [-0.1, -0.05) is 0 Å². The molecule has 1 aliphatic carbocycles. The summed E-state index contributed by atoms with van der Waals surface area (Å²) in [6.45, 7) is 1.59. The minimum Gasteiger partial charge on any atom is -0.367 e. The molecule has 0 bridgehead atoms. The molecule has 0 aliphatic heterocycles. The first kappa shape index (κ1) is 21.5. The first-order valence-electron chi connectivity index (χ1n) is 10.0. The second-order valence-corrected chi connectivity index (χ2v) is 8.60. The van der Waals surface area contributed by atoms with Crippen molar-refractivity contribution >= 4 is 34.0 Å². The number of aryl methyl sites for hydroxylation is 1. The lowest BCUT2D eigenvalue weighted by molar-refractivity contribution is -0.136. The smallest absolute Gasteiger partial charge is 0.367 e. The number of nitrogens with one attached hydrogen (secondary N) is 2. The fraction of sp³-hybridized carbons (Fsp3) is 0.429. The molecule has 4 rings (SSSR count). The number of hydrogen-bond donors (Lipinski definition) is 2. The van der Waals surface area contributed by atoms with Gasteiger partial charge < -0.3 is 10.6 Å². The molecule has 1 saturated carbocycles. The van der Waals surface area contributed by atoms with Crippen LogP contribution < -0.4 is 10.6 Å². The maximum Gasteiger partial charge on any atom is 0.418 e. The number of alkyl halides is 3. The van der Waals surface area contributed by atoms with Crippen LogP contribution in [0, 0.1) is 12.8 Å². The number of rotatable bonds is 4. The van der Waals surface area contributed by atoms with Crippen LogP contribution in [0.4, 0.5) is 19.0 Å². The number of benzene rings is 1. The highest BCUT2D eigenvalue weighted by Gasteiger charge is 2.35. The summed E-state index contributed by atoms with van der Waals surface area (Å²) in [5.74, 6) is 0.667. The molecule has 0 unspecified atom stereocenters. The summed E-state index contributed by atoms with van der Waals surface area (Å²) in [5.41, 5.74) is 1.11. The highest BCUT2D eigenvalue weighted by Crippen LogP contribution is 2.40. The molecular formula is C21H22F3N5OS. The lowest BCUT2D eigenvalue weighted by atomic mass is 9.85. The predicted molar refractivity (Wildman–Crippen MR) is 114 cm³/mol. The van der Waals surface area contributed by atoms with Gasteiger partial charge in [-0.3, -0.25) is 9.78 Å². The maximum absolute atomic E-state index is 13.9. The lowest BCUT2D eigenvalue weighted by Crippen LogP contribution is -2.34. The Hall–Kier alpha value is -2.75. The van der Waals surface area contributed by atoms with Crippen LogP contribution in [0.15, 0.2) is 23.8 Å². The average Bonchev–Trinajstić information content (AvgIpc) is 3.27. The van der Waals surface area contributed by atoms with Crippen molar-refractivity contribution < 1.29 is 18.0 Å². The van der Waals surface area contributed by atoms with Gasteiger partial charge in [0.05, 0.1) is 21.5 Å². The van der Waals surface area contributed by atoms with Gasteiger partial charge in [-0.2, -0.15) is 13.2 Å². The number of thiazole rings is 1. The zero-order valence-electron chi connectivity index (χ0n) is 17.1. The molecule has 0 radical (unpaired) electrons. The van der Waals surface area contributed by atoms with E-state index >= 15 is 0 Å². The summed E-state index contributed by atoms with van der Waals surface area (Å²) < 4.78 is 41.6. The zero-order valence-corrected chi connectivity index (χ0v) is 17.9. The maximum atomic E-state index is 13.9. The van der Waals surface area contributed by atoms with Crippen molar-refractivity contribution in [2.45, 2.75) is 44.8 Å². The van der Waals surface area contributed by atoms with Crippen LogP contribution in [0.3, 0.4) is 0 Å². The molecule has 0 saturated heterocycles. The van der Waals surface area contributed by atoms with Crippen molar-refractivity contribution in [3.8, 4) is 10.4 Å². The number of carbonyl (C=O) groups is 1. The topological polar surface area (TPSA) is 79.8 Å². The average molecular weight is 450 g/mol. The highest BCUT2D eigenvalue weighted by molar-refractivity contribution is 7.13. The van der Waals surface area contributed by atoms with E-state index in [-0.39, 0.29) is 29.2 Å². The van der Waals surface area contributed by atoms with Gasteiger partial charge in [0, 0.05) is 30.6 Å². The van der Waals surface area contributed by atoms with E-state index in [4.69, 9.17) is 0 Å². The lowest BCUT2D eigenvalue weighted by Gasteiger charge is -2.29. The van der Waals surface area contributed by atoms with E-state index in [1.165, 1.54) is 11.3 Å². The number of nitrogens with zero attached hydrogens (tertiary/aromatic N) is 3. The summed E-state index contributed by atoms with van der Waals surface area (Å²) in [7, 11) is 1.63. The molecular weight excluding hydrogens is 427 g/mol. The molecule has 1 aromatic carbocycles. The van der Waals surface area contributed by atoms with Crippen molar-refractivity contribution in [3.63, 3.8) is 0 Å². The molecule has 0 spiro atoms. The van der Waals surface area contributed by atoms with Gasteiger partial charge in [-0.15, -0.1) is 11.3 Å². The van der Waals surface area contributed by atoms with Crippen molar-refractivity contribution in [2.75, 3.05) is 12.4 Å². The Balaban J connectivity index is 1.74. The molecule has 1 amide bonds. The first-order chi connectivity index (χ1) is 14.8. The zero-order chi connectivity index (χ0) is 22.2. The van der Waals surface area contributed by atoms with Gasteiger partial charge in [0.15, 0.2) is 0 Å². The Morgan fingerprint density at radius 2 is 1.90 bits per heavy atom. The number of amides is 1. The number of hydrogen-bond acceptors (Lipinski definition) is 6. The first-order valence-corrected chi connectivity index (χ1v) is 10.9. The number of aromatic nitrogens is 3. The van der Waals surface area contributed by atoms with Crippen LogP contribution in [0.5, 0.6) is 0 Å². The fourth-order valence-corrected chi connectivity index (χ4v) is 4.68. The third-order valence-corrected chi connectivity index (χ3v) is 6.44. The third-order valence-electron chi connectivity index (χ3n) is 5.62.